The summed E-state index contributed by atoms with van der Waals surface area (Å²) >= 11 is 0. The number of allylic oxidation sites excluding steroid dienone is 1. The van der Waals surface area contributed by atoms with Crippen LogP contribution < -0.4 is 0 Å². The van der Waals surface area contributed by atoms with Crippen LogP contribution in [0.2, 0.25) is 0 Å². The van der Waals surface area contributed by atoms with Crippen molar-refractivity contribution in [2.75, 3.05) is 0 Å². The van der Waals surface area contributed by atoms with E-state index in [1.807, 2.05) is 6.07 Å². The molecule has 100 valence electrons. The molecule has 0 saturated heterocycles. The van der Waals surface area contributed by atoms with Crippen molar-refractivity contribution < 1.29 is 0 Å². The minimum Gasteiger partial charge on any atom is -0.181 e. The molecule has 0 bridgehead atoms. The Morgan fingerprint density at radius 3 is 2.45 bits per heavy atom. The highest BCUT2D eigenvalue weighted by atomic mass is 15.1. The maximum atomic E-state index is 4.48. The summed E-state index contributed by atoms with van der Waals surface area (Å²) in [6, 6.07) is 19.0. The second-order valence-electron chi connectivity index (χ2n) is 5.22. The lowest BCUT2D eigenvalue weighted by atomic mass is 9.95. The fourth-order valence-corrected chi connectivity index (χ4v) is 2.55. The van der Waals surface area contributed by atoms with Crippen LogP contribution in [0.15, 0.2) is 70.5 Å². The van der Waals surface area contributed by atoms with E-state index in [0.717, 1.165) is 5.70 Å². The van der Waals surface area contributed by atoms with Crippen molar-refractivity contribution in [3.8, 4) is 0 Å². The highest BCUT2D eigenvalue weighted by molar-refractivity contribution is 5.59. The molecule has 0 saturated carbocycles. The summed E-state index contributed by atoms with van der Waals surface area (Å²) in [5.41, 5.74) is 4.76. The third-order valence-corrected chi connectivity index (χ3v) is 3.84. The Bertz CT molecular complexity index is 656. The average Bonchev–Trinajstić information content (AvgIpc) is 2.67. The molecule has 0 N–H and O–H groups in total. The summed E-state index contributed by atoms with van der Waals surface area (Å²) in [5, 5.41) is 8.93. The van der Waals surface area contributed by atoms with Gasteiger partial charge in [-0.15, -0.1) is 0 Å². The number of rotatable bonds is 2. The van der Waals surface area contributed by atoms with Crippen LogP contribution in [0.3, 0.4) is 0 Å². The number of benzene rings is 2. The molecule has 1 aliphatic heterocycles. The second kappa shape index (κ2) is 5.41. The average molecular weight is 262 g/mol. The highest BCUT2D eigenvalue weighted by Gasteiger charge is 2.17. The number of azo groups is 1. The second-order valence-corrected chi connectivity index (χ2v) is 5.22. The molecule has 1 heterocycles. The minimum absolute atomic E-state index is 0.114. The zero-order chi connectivity index (χ0) is 13.9. The Hall–Kier alpha value is -2.22. The molecule has 0 amide bonds. The summed E-state index contributed by atoms with van der Waals surface area (Å²) < 4.78 is 0. The number of hydrogen-bond donors (Lipinski definition) is 0. The molecule has 0 aromatic heterocycles. The van der Waals surface area contributed by atoms with Crippen molar-refractivity contribution in [1.82, 2.24) is 0 Å². The van der Waals surface area contributed by atoms with Gasteiger partial charge >= 0.3 is 0 Å². The fourth-order valence-electron chi connectivity index (χ4n) is 2.55. The molecule has 3 rings (SSSR count). The van der Waals surface area contributed by atoms with Crippen molar-refractivity contribution >= 4 is 6.08 Å². The number of fused-ring (bicyclic) bond motifs is 1. The highest BCUT2D eigenvalue weighted by Crippen LogP contribution is 2.33. The summed E-state index contributed by atoms with van der Waals surface area (Å²) in [6.45, 7) is 4.27. The predicted molar refractivity (Wildman–Crippen MR) is 82.5 cm³/mol. The van der Waals surface area contributed by atoms with Gasteiger partial charge in [0.1, 0.15) is 0 Å². The van der Waals surface area contributed by atoms with Gasteiger partial charge in [-0.3, -0.25) is 0 Å². The lowest BCUT2D eigenvalue weighted by Crippen LogP contribution is -1.95. The third-order valence-electron chi connectivity index (χ3n) is 3.84. The van der Waals surface area contributed by atoms with Gasteiger partial charge < -0.3 is 0 Å². The molecule has 1 aliphatic rings. The molecule has 2 nitrogen and oxygen atoms in total. The fraction of sp³-hybridized carbons (Fsp3) is 0.222. The van der Waals surface area contributed by atoms with E-state index in [1.54, 1.807) is 0 Å². The topological polar surface area (TPSA) is 24.7 Å². The number of hydrogen-bond acceptors (Lipinski definition) is 2. The normalized spacial score (nSPS) is 18.9. The largest absolute Gasteiger partial charge is 0.181 e. The maximum absolute atomic E-state index is 4.48. The van der Waals surface area contributed by atoms with Crippen LogP contribution in [0, 0.1) is 0 Å². The standard InChI is InChI=1S/C18H18N2/c1-13(15-8-4-3-5-9-15)18-12-16-10-6-7-11-17(16)14(2)19-20-18/h3-14H,1-2H3/t13-,14+/m1/s1. The molecule has 0 unspecified atom stereocenters. The maximum Gasteiger partial charge on any atom is 0.0939 e. The van der Waals surface area contributed by atoms with Crippen LogP contribution in [0.25, 0.3) is 6.08 Å². The molecular weight excluding hydrogens is 244 g/mol. The summed E-state index contributed by atoms with van der Waals surface area (Å²) in [4.78, 5) is 0. The zero-order valence-corrected chi connectivity index (χ0v) is 11.8. The van der Waals surface area contributed by atoms with E-state index in [9.17, 15) is 0 Å². The molecule has 0 radical (unpaired) electrons. The smallest absolute Gasteiger partial charge is 0.0939 e. The first-order valence-electron chi connectivity index (χ1n) is 7.02. The molecule has 0 fully saturated rings. The van der Waals surface area contributed by atoms with Gasteiger partial charge in [-0.05, 0) is 29.7 Å². The molecule has 0 aliphatic carbocycles. The molecule has 2 aromatic rings. The van der Waals surface area contributed by atoms with E-state index in [2.05, 4.69) is 78.7 Å². The zero-order valence-electron chi connectivity index (χ0n) is 11.8. The summed E-state index contributed by atoms with van der Waals surface area (Å²) in [5.74, 6) is 0.248. The van der Waals surface area contributed by atoms with Crippen molar-refractivity contribution in [1.29, 1.82) is 0 Å². The van der Waals surface area contributed by atoms with Crippen LogP contribution >= 0.6 is 0 Å². The van der Waals surface area contributed by atoms with E-state index in [0.29, 0.717) is 0 Å². The molecule has 0 spiro atoms. The molecule has 2 atom stereocenters. The van der Waals surface area contributed by atoms with E-state index >= 15 is 0 Å². The van der Waals surface area contributed by atoms with Crippen molar-refractivity contribution in [2.24, 2.45) is 10.2 Å². The SMILES string of the molecule is C[C@@H]1N=NC([C@H](C)c2ccccc2)=Cc2ccccc21. The Labute approximate surface area is 119 Å². The van der Waals surface area contributed by atoms with Crippen molar-refractivity contribution in [3.63, 3.8) is 0 Å². The first-order chi connectivity index (χ1) is 9.75. The Morgan fingerprint density at radius 1 is 0.950 bits per heavy atom. The Morgan fingerprint density at radius 2 is 1.65 bits per heavy atom. The van der Waals surface area contributed by atoms with Gasteiger partial charge in [0.15, 0.2) is 0 Å². The van der Waals surface area contributed by atoms with Crippen LogP contribution in [-0.4, -0.2) is 0 Å². The molecule has 2 aromatic carbocycles. The first-order valence-corrected chi connectivity index (χ1v) is 7.02. The number of nitrogens with zero attached hydrogens (tertiary/aromatic N) is 2. The van der Waals surface area contributed by atoms with Gasteiger partial charge in [0.25, 0.3) is 0 Å². The van der Waals surface area contributed by atoms with Gasteiger partial charge in [0.05, 0.1) is 11.7 Å². The van der Waals surface area contributed by atoms with Crippen LogP contribution in [0.5, 0.6) is 0 Å². The Balaban J connectivity index is 2.03. The lowest BCUT2D eigenvalue weighted by Gasteiger charge is -2.11. The predicted octanol–water partition coefficient (Wildman–Crippen LogP) is 5.36. The van der Waals surface area contributed by atoms with Gasteiger partial charge in [-0.1, -0.05) is 61.5 Å². The van der Waals surface area contributed by atoms with Gasteiger partial charge in [0.2, 0.25) is 0 Å². The van der Waals surface area contributed by atoms with E-state index < -0.39 is 0 Å². The summed E-state index contributed by atoms with van der Waals surface area (Å²) in [7, 11) is 0. The van der Waals surface area contributed by atoms with Gasteiger partial charge in [0, 0.05) is 5.92 Å². The molecule has 2 heteroatoms. The quantitative estimate of drug-likeness (QED) is 0.696. The summed E-state index contributed by atoms with van der Waals surface area (Å²) in [6.07, 6.45) is 2.17. The van der Waals surface area contributed by atoms with Crippen molar-refractivity contribution in [2.45, 2.75) is 25.8 Å². The van der Waals surface area contributed by atoms with Crippen molar-refractivity contribution in [3.05, 3.63) is 77.0 Å². The third kappa shape index (κ3) is 2.42. The lowest BCUT2D eigenvalue weighted by molar-refractivity contribution is 0.738. The Kier molecular flexibility index (Phi) is 3.46. The van der Waals surface area contributed by atoms with Crippen LogP contribution in [0.4, 0.5) is 0 Å². The van der Waals surface area contributed by atoms with Crippen LogP contribution in [-0.2, 0) is 0 Å². The van der Waals surface area contributed by atoms with E-state index in [-0.39, 0.29) is 12.0 Å². The minimum atomic E-state index is 0.114. The first kappa shape index (κ1) is 12.8. The molecule has 20 heavy (non-hydrogen) atoms. The monoisotopic (exact) mass is 262 g/mol. The van der Waals surface area contributed by atoms with Gasteiger partial charge in [-0.2, -0.15) is 10.2 Å². The van der Waals surface area contributed by atoms with E-state index in [1.165, 1.54) is 16.7 Å². The van der Waals surface area contributed by atoms with Crippen LogP contribution in [0.1, 0.15) is 42.5 Å². The molecular formula is C18H18N2. The van der Waals surface area contributed by atoms with Gasteiger partial charge in [-0.25, -0.2) is 0 Å². The van der Waals surface area contributed by atoms with E-state index in [4.69, 9.17) is 0 Å².